The van der Waals surface area contributed by atoms with Crippen molar-refractivity contribution in [2.24, 2.45) is 0 Å². The van der Waals surface area contributed by atoms with Gasteiger partial charge in [-0.1, -0.05) is 0 Å². The van der Waals surface area contributed by atoms with E-state index in [1.807, 2.05) is 6.07 Å². The third-order valence-electron chi connectivity index (χ3n) is 4.40. The Morgan fingerprint density at radius 1 is 1.15 bits per heavy atom. The van der Waals surface area contributed by atoms with Gasteiger partial charge in [0.15, 0.2) is 11.5 Å². The van der Waals surface area contributed by atoms with Crippen molar-refractivity contribution in [3.05, 3.63) is 53.6 Å². The Labute approximate surface area is 149 Å². The molecule has 2 heterocycles. The Kier molecular flexibility index (Phi) is 3.93. The van der Waals surface area contributed by atoms with Crippen molar-refractivity contribution in [3.8, 4) is 17.6 Å². The van der Waals surface area contributed by atoms with Crippen LogP contribution in [0.3, 0.4) is 0 Å². The molecule has 0 saturated carbocycles. The molecular formula is C19H15N3O4. The summed E-state index contributed by atoms with van der Waals surface area (Å²) in [6.45, 7) is 0.566. The van der Waals surface area contributed by atoms with Crippen molar-refractivity contribution in [2.45, 2.75) is 12.5 Å². The van der Waals surface area contributed by atoms with Crippen molar-refractivity contribution in [1.82, 2.24) is 5.32 Å². The molecule has 2 aromatic carbocycles. The van der Waals surface area contributed by atoms with Gasteiger partial charge in [-0.05, 0) is 36.4 Å². The van der Waals surface area contributed by atoms with Gasteiger partial charge in [0.1, 0.15) is 0 Å². The van der Waals surface area contributed by atoms with E-state index in [1.54, 1.807) is 47.4 Å². The molecule has 7 nitrogen and oxygen atoms in total. The topological polar surface area (TPSA) is 91.7 Å². The minimum Gasteiger partial charge on any atom is -0.454 e. The molecule has 2 aliphatic rings. The minimum absolute atomic E-state index is 0.0611. The SMILES string of the molecule is N#Cc1ccc(C(=O)NC2CC(=O)N(c3ccc4c(c3)OCO4)C2)cc1. The van der Waals surface area contributed by atoms with Crippen molar-refractivity contribution < 1.29 is 19.1 Å². The Morgan fingerprint density at radius 2 is 1.92 bits per heavy atom. The van der Waals surface area contributed by atoms with Crippen LogP contribution in [0, 0.1) is 11.3 Å². The van der Waals surface area contributed by atoms with Crippen LogP contribution in [0.5, 0.6) is 11.5 Å². The summed E-state index contributed by atoms with van der Waals surface area (Å²) in [6, 6.07) is 13.4. The Hall–Kier alpha value is -3.53. The fraction of sp³-hybridized carbons (Fsp3) is 0.211. The molecule has 2 aliphatic heterocycles. The summed E-state index contributed by atoms with van der Waals surface area (Å²) in [6.07, 6.45) is 0.233. The largest absolute Gasteiger partial charge is 0.454 e. The highest BCUT2D eigenvalue weighted by atomic mass is 16.7. The van der Waals surface area contributed by atoms with Gasteiger partial charge in [0, 0.05) is 30.3 Å². The van der Waals surface area contributed by atoms with Crippen LogP contribution in [0.1, 0.15) is 22.3 Å². The van der Waals surface area contributed by atoms with E-state index >= 15 is 0 Å². The van der Waals surface area contributed by atoms with Crippen molar-refractivity contribution in [1.29, 1.82) is 5.26 Å². The third-order valence-corrected chi connectivity index (χ3v) is 4.40. The van der Waals surface area contributed by atoms with Crippen LogP contribution in [0.25, 0.3) is 0 Å². The molecule has 2 aromatic rings. The van der Waals surface area contributed by atoms with Gasteiger partial charge < -0.3 is 19.7 Å². The highest BCUT2D eigenvalue weighted by Gasteiger charge is 2.32. The predicted octanol–water partition coefficient (Wildman–Crippen LogP) is 1.82. The molecule has 0 aromatic heterocycles. The molecule has 1 N–H and O–H groups in total. The zero-order valence-electron chi connectivity index (χ0n) is 13.8. The summed E-state index contributed by atoms with van der Waals surface area (Å²) < 4.78 is 10.6. The van der Waals surface area contributed by atoms with E-state index in [0.717, 1.165) is 5.69 Å². The van der Waals surface area contributed by atoms with Crippen molar-refractivity contribution in [3.63, 3.8) is 0 Å². The standard InChI is InChI=1S/C19H15N3O4/c20-9-12-1-3-13(4-2-12)19(24)21-14-7-18(23)22(10-14)15-5-6-16-17(8-15)26-11-25-16/h1-6,8,14H,7,10-11H2,(H,21,24). The first-order valence-electron chi connectivity index (χ1n) is 8.15. The average molecular weight is 349 g/mol. The summed E-state index contributed by atoms with van der Waals surface area (Å²) >= 11 is 0. The number of nitrogens with zero attached hydrogens (tertiary/aromatic N) is 2. The van der Waals surface area contributed by atoms with E-state index in [9.17, 15) is 9.59 Å². The van der Waals surface area contributed by atoms with Crippen LogP contribution < -0.4 is 19.7 Å². The lowest BCUT2D eigenvalue weighted by Gasteiger charge is -2.17. The number of nitriles is 1. The number of hydrogen-bond acceptors (Lipinski definition) is 5. The highest BCUT2D eigenvalue weighted by Crippen LogP contribution is 2.36. The molecule has 130 valence electrons. The number of rotatable bonds is 3. The highest BCUT2D eigenvalue weighted by molar-refractivity contribution is 5.99. The number of carbonyl (C=O) groups is 2. The average Bonchev–Trinajstić information content (AvgIpc) is 3.27. The number of ether oxygens (including phenoxy) is 2. The number of benzene rings is 2. The third kappa shape index (κ3) is 2.93. The monoisotopic (exact) mass is 349 g/mol. The fourth-order valence-electron chi connectivity index (χ4n) is 3.07. The van der Waals surface area contributed by atoms with Crippen LogP contribution in [0.15, 0.2) is 42.5 Å². The van der Waals surface area contributed by atoms with E-state index < -0.39 is 0 Å². The van der Waals surface area contributed by atoms with E-state index in [2.05, 4.69) is 5.32 Å². The van der Waals surface area contributed by atoms with Gasteiger partial charge in [-0.3, -0.25) is 9.59 Å². The van der Waals surface area contributed by atoms with Gasteiger partial charge in [-0.15, -0.1) is 0 Å². The zero-order chi connectivity index (χ0) is 18.1. The molecule has 2 amide bonds. The number of anilines is 1. The smallest absolute Gasteiger partial charge is 0.251 e. The molecule has 0 radical (unpaired) electrons. The molecule has 1 fully saturated rings. The van der Waals surface area contributed by atoms with E-state index in [1.165, 1.54) is 0 Å². The first-order chi connectivity index (χ1) is 12.6. The van der Waals surface area contributed by atoms with Gasteiger partial charge in [0.05, 0.1) is 17.7 Å². The van der Waals surface area contributed by atoms with Crippen molar-refractivity contribution >= 4 is 17.5 Å². The van der Waals surface area contributed by atoms with Crippen LogP contribution in [0.4, 0.5) is 5.69 Å². The molecule has 4 rings (SSSR count). The second kappa shape index (κ2) is 6.41. The fourth-order valence-corrected chi connectivity index (χ4v) is 3.07. The van der Waals surface area contributed by atoms with Gasteiger partial charge in [-0.25, -0.2) is 0 Å². The number of fused-ring (bicyclic) bond motifs is 1. The number of amides is 2. The normalized spacial score (nSPS) is 17.9. The second-order valence-electron chi connectivity index (χ2n) is 6.11. The summed E-state index contributed by atoms with van der Waals surface area (Å²) in [5.41, 5.74) is 1.67. The zero-order valence-corrected chi connectivity index (χ0v) is 13.8. The lowest BCUT2D eigenvalue weighted by Crippen LogP contribution is -2.37. The van der Waals surface area contributed by atoms with Crippen LogP contribution in [-0.4, -0.2) is 31.2 Å². The number of nitrogens with one attached hydrogen (secondary N) is 1. The Morgan fingerprint density at radius 3 is 2.69 bits per heavy atom. The van der Waals surface area contributed by atoms with Gasteiger partial charge in [-0.2, -0.15) is 5.26 Å². The number of hydrogen-bond donors (Lipinski definition) is 1. The maximum atomic E-state index is 12.4. The van der Waals surface area contributed by atoms with E-state index in [-0.39, 0.29) is 31.1 Å². The molecule has 1 saturated heterocycles. The number of carbonyl (C=O) groups excluding carboxylic acids is 2. The van der Waals surface area contributed by atoms with Crippen LogP contribution in [0.2, 0.25) is 0 Å². The molecule has 1 atom stereocenters. The molecule has 0 spiro atoms. The van der Waals surface area contributed by atoms with Gasteiger partial charge in [0.25, 0.3) is 5.91 Å². The van der Waals surface area contributed by atoms with Crippen LogP contribution in [-0.2, 0) is 4.79 Å². The summed E-state index contributed by atoms with van der Waals surface area (Å²) in [4.78, 5) is 26.3. The maximum Gasteiger partial charge on any atom is 0.251 e. The molecule has 1 unspecified atom stereocenters. The quantitative estimate of drug-likeness (QED) is 0.913. The van der Waals surface area contributed by atoms with E-state index in [0.29, 0.717) is 29.2 Å². The molecule has 26 heavy (non-hydrogen) atoms. The maximum absolute atomic E-state index is 12.4. The first kappa shape index (κ1) is 16.0. The minimum atomic E-state index is -0.281. The Bertz CT molecular complexity index is 917. The summed E-state index contributed by atoms with van der Waals surface area (Å²) in [5.74, 6) is 0.945. The van der Waals surface area contributed by atoms with Crippen molar-refractivity contribution in [2.75, 3.05) is 18.2 Å². The lowest BCUT2D eigenvalue weighted by atomic mass is 10.1. The molecular weight excluding hydrogens is 334 g/mol. The van der Waals surface area contributed by atoms with Crippen LogP contribution >= 0.6 is 0 Å². The molecule has 7 heteroatoms. The Balaban J connectivity index is 1.44. The molecule has 0 aliphatic carbocycles. The predicted molar refractivity (Wildman–Crippen MR) is 91.9 cm³/mol. The summed E-state index contributed by atoms with van der Waals surface area (Å²) in [7, 11) is 0. The van der Waals surface area contributed by atoms with E-state index in [4.69, 9.17) is 14.7 Å². The first-order valence-corrected chi connectivity index (χ1v) is 8.15. The molecule has 0 bridgehead atoms. The second-order valence-corrected chi connectivity index (χ2v) is 6.11. The lowest BCUT2D eigenvalue weighted by molar-refractivity contribution is -0.117. The van der Waals surface area contributed by atoms with Gasteiger partial charge in [0.2, 0.25) is 12.7 Å². The van der Waals surface area contributed by atoms with Gasteiger partial charge >= 0.3 is 0 Å². The summed E-state index contributed by atoms with van der Waals surface area (Å²) in [5, 5.41) is 11.7.